The minimum Gasteiger partial charge on any atom is -0.423 e. The molecule has 1 N–H and O–H groups in total. The molecule has 0 fully saturated rings. The third kappa shape index (κ3) is 3.65. The summed E-state index contributed by atoms with van der Waals surface area (Å²) in [6.45, 7) is 3.46. The van der Waals surface area contributed by atoms with Gasteiger partial charge in [-0.05, 0) is 19.1 Å². The molecule has 0 aliphatic carbocycles. The highest BCUT2D eigenvalue weighted by Crippen LogP contribution is 2.40. The summed E-state index contributed by atoms with van der Waals surface area (Å²) in [6.07, 6.45) is 1.53. The Balaban J connectivity index is 2.03. The largest absolute Gasteiger partial charge is 0.423 e. The van der Waals surface area contributed by atoms with Crippen molar-refractivity contribution in [2.75, 3.05) is 0 Å². The van der Waals surface area contributed by atoms with Crippen molar-refractivity contribution in [3.05, 3.63) is 49.8 Å². The zero-order valence-corrected chi connectivity index (χ0v) is 16.1. The van der Waals surface area contributed by atoms with E-state index in [0.29, 0.717) is 22.0 Å². The lowest BCUT2D eigenvalue weighted by molar-refractivity contribution is -0.134. The molecule has 0 saturated carbocycles. The molecule has 0 aromatic carbocycles. The van der Waals surface area contributed by atoms with Crippen LogP contribution in [-0.4, -0.2) is 20.9 Å². The number of H-pyrrole nitrogens is 1. The molecule has 0 bridgehead atoms. The number of nitrogens with one attached hydrogen (secondary N) is 1. The van der Waals surface area contributed by atoms with Crippen LogP contribution in [0.4, 0.5) is 0 Å². The number of halogens is 2. The van der Waals surface area contributed by atoms with E-state index in [2.05, 4.69) is 15.0 Å². The summed E-state index contributed by atoms with van der Waals surface area (Å²) in [7, 11) is 0. The third-order valence-corrected chi connectivity index (χ3v) is 4.94. The SMILES string of the molecule is CCC(=O)Oc1c(Cl)cnc(-c2nc(-c3ccc(C)[nH]c3=O)cs2)c1Cl. The summed E-state index contributed by atoms with van der Waals surface area (Å²) >= 11 is 13.6. The number of aromatic nitrogens is 3. The van der Waals surface area contributed by atoms with E-state index in [1.807, 2.05) is 0 Å². The maximum Gasteiger partial charge on any atom is 0.311 e. The highest BCUT2D eigenvalue weighted by atomic mass is 35.5. The fourth-order valence-electron chi connectivity index (χ4n) is 2.16. The predicted octanol–water partition coefficient (Wildman–Crippen LogP) is 4.49. The molecule has 0 aliphatic heterocycles. The summed E-state index contributed by atoms with van der Waals surface area (Å²) in [4.78, 5) is 35.0. The number of aryl methyl sites for hydroxylation is 1. The first-order chi connectivity index (χ1) is 12.4. The molecule has 0 radical (unpaired) electrons. The molecule has 0 spiro atoms. The van der Waals surface area contributed by atoms with Crippen LogP contribution in [0.1, 0.15) is 19.0 Å². The Bertz CT molecular complexity index is 1050. The van der Waals surface area contributed by atoms with E-state index in [4.69, 9.17) is 27.9 Å². The number of esters is 1. The smallest absolute Gasteiger partial charge is 0.311 e. The van der Waals surface area contributed by atoms with Gasteiger partial charge in [0.1, 0.15) is 20.7 Å². The number of rotatable bonds is 4. The van der Waals surface area contributed by atoms with Gasteiger partial charge in [0.05, 0.1) is 17.5 Å². The van der Waals surface area contributed by atoms with Crippen molar-refractivity contribution >= 4 is 40.5 Å². The van der Waals surface area contributed by atoms with Gasteiger partial charge in [-0.2, -0.15) is 0 Å². The molecular weight excluding hydrogens is 397 g/mol. The van der Waals surface area contributed by atoms with Crippen molar-refractivity contribution in [2.24, 2.45) is 0 Å². The molecule has 134 valence electrons. The number of thiazole rings is 1. The molecule has 0 amide bonds. The van der Waals surface area contributed by atoms with E-state index in [0.717, 1.165) is 5.69 Å². The average molecular weight is 410 g/mol. The second kappa shape index (κ2) is 7.57. The lowest BCUT2D eigenvalue weighted by Crippen LogP contribution is -2.09. The number of pyridine rings is 2. The van der Waals surface area contributed by atoms with Crippen LogP contribution in [0.2, 0.25) is 10.0 Å². The van der Waals surface area contributed by atoms with E-state index in [1.165, 1.54) is 17.5 Å². The van der Waals surface area contributed by atoms with Gasteiger partial charge in [0.2, 0.25) is 0 Å². The minimum absolute atomic E-state index is 0.0510. The molecule has 26 heavy (non-hydrogen) atoms. The van der Waals surface area contributed by atoms with E-state index in [1.54, 1.807) is 31.4 Å². The van der Waals surface area contributed by atoms with Crippen LogP contribution in [0.3, 0.4) is 0 Å². The molecule has 0 aliphatic rings. The molecule has 0 unspecified atom stereocenters. The number of hydrogen-bond acceptors (Lipinski definition) is 6. The number of aromatic amines is 1. The molecule has 9 heteroatoms. The Morgan fingerprint density at radius 2 is 2.12 bits per heavy atom. The minimum atomic E-state index is -0.461. The Kier molecular flexibility index (Phi) is 5.41. The Morgan fingerprint density at radius 1 is 1.35 bits per heavy atom. The molecular formula is C17H13Cl2N3O3S. The summed E-state index contributed by atoms with van der Waals surface area (Å²) in [5.41, 5.74) is 1.82. The van der Waals surface area contributed by atoms with E-state index in [9.17, 15) is 9.59 Å². The summed E-state index contributed by atoms with van der Waals surface area (Å²) in [5.74, 6) is -0.410. The van der Waals surface area contributed by atoms with Gasteiger partial charge >= 0.3 is 5.97 Å². The highest BCUT2D eigenvalue weighted by Gasteiger charge is 2.20. The molecule has 3 rings (SSSR count). The monoisotopic (exact) mass is 409 g/mol. The van der Waals surface area contributed by atoms with Gasteiger partial charge in [0.15, 0.2) is 5.75 Å². The highest BCUT2D eigenvalue weighted by molar-refractivity contribution is 7.13. The topological polar surface area (TPSA) is 84.9 Å². The molecule has 0 saturated heterocycles. The number of ether oxygens (including phenoxy) is 1. The van der Waals surface area contributed by atoms with Crippen molar-refractivity contribution in [1.29, 1.82) is 0 Å². The summed E-state index contributed by atoms with van der Waals surface area (Å²) in [5, 5.41) is 2.44. The summed E-state index contributed by atoms with van der Waals surface area (Å²) < 4.78 is 5.19. The quantitative estimate of drug-likeness (QED) is 0.641. The maximum atomic E-state index is 12.1. The van der Waals surface area contributed by atoms with E-state index >= 15 is 0 Å². The third-order valence-electron chi connectivity index (χ3n) is 3.47. The van der Waals surface area contributed by atoms with Crippen LogP contribution >= 0.6 is 34.5 Å². The van der Waals surface area contributed by atoms with Gasteiger partial charge in [-0.3, -0.25) is 14.6 Å². The molecule has 3 aromatic rings. The zero-order chi connectivity index (χ0) is 18.8. The lowest BCUT2D eigenvalue weighted by atomic mass is 10.2. The Hall–Kier alpha value is -2.22. The fraction of sp³-hybridized carbons (Fsp3) is 0.176. The van der Waals surface area contributed by atoms with E-state index in [-0.39, 0.29) is 27.8 Å². The number of carbonyl (C=O) groups is 1. The first-order valence-corrected chi connectivity index (χ1v) is 9.25. The van der Waals surface area contributed by atoms with Gasteiger partial charge in [0.25, 0.3) is 5.56 Å². The van der Waals surface area contributed by atoms with Crippen molar-refractivity contribution in [1.82, 2.24) is 15.0 Å². The number of carbonyl (C=O) groups excluding carboxylic acids is 1. The van der Waals surface area contributed by atoms with Gasteiger partial charge < -0.3 is 9.72 Å². The lowest BCUT2D eigenvalue weighted by Gasteiger charge is -2.09. The fourth-order valence-corrected chi connectivity index (χ4v) is 3.54. The van der Waals surface area contributed by atoms with Crippen LogP contribution < -0.4 is 10.3 Å². The van der Waals surface area contributed by atoms with Crippen LogP contribution in [0.5, 0.6) is 5.75 Å². The van der Waals surface area contributed by atoms with Crippen molar-refractivity contribution in [3.8, 4) is 27.7 Å². The van der Waals surface area contributed by atoms with Gasteiger partial charge in [0, 0.05) is 17.5 Å². The molecule has 6 nitrogen and oxygen atoms in total. The predicted molar refractivity (Wildman–Crippen MR) is 102 cm³/mol. The second-order valence-electron chi connectivity index (χ2n) is 5.35. The molecule has 3 heterocycles. The van der Waals surface area contributed by atoms with Crippen LogP contribution in [0.15, 0.2) is 28.5 Å². The Labute approximate surface area is 162 Å². The van der Waals surface area contributed by atoms with Crippen molar-refractivity contribution in [3.63, 3.8) is 0 Å². The Morgan fingerprint density at radius 3 is 2.81 bits per heavy atom. The number of hydrogen-bond donors (Lipinski definition) is 1. The van der Waals surface area contributed by atoms with Crippen LogP contribution in [0, 0.1) is 6.92 Å². The summed E-state index contributed by atoms with van der Waals surface area (Å²) in [6, 6.07) is 3.50. The second-order valence-corrected chi connectivity index (χ2v) is 6.99. The van der Waals surface area contributed by atoms with Gasteiger partial charge in [-0.15, -0.1) is 11.3 Å². The average Bonchev–Trinajstić information content (AvgIpc) is 3.07. The normalized spacial score (nSPS) is 10.8. The zero-order valence-electron chi connectivity index (χ0n) is 13.8. The van der Waals surface area contributed by atoms with Crippen molar-refractivity contribution < 1.29 is 9.53 Å². The van der Waals surface area contributed by atoms with E-state index < -0.39 is 5.97 Å². The maximum absolute atomic E-state index is 12.1. The van der Waals surface area contributed by atoms with Gasteiger partial charge in [-0.1, -0.05) is 30.1 Å². The number of nitrogens with zero attached hydrogens (tertiary/aromatic N) is 2. The first kappa shape index (κ1) is 18.6. The van der Waals surface area contributed by atoms with Crippen molar-refractivity contribution in [2.45, 2.75) is 20.3 Å². The molecule has 3 aromatic heterocycles. The van der Waals surface area contributed by atoms with Crippen LogP contribution in [-0.2, 0) is 4.79 Å². The van der Waals surface area contributed by atoms with Crippen LogP contribution in [0.25, 0.3) is 22.0 Å². The van der Waals surface area contributed by atoms with Gasteiger partial charge in [-0.25, -0.2) is 4.98 Å². The first-order valence-electron chi connectivity index (χ1n) is 7.61. The standard InChI is InChI=1S/C17H13Cl2N3O3S/c1-3-12(23)25-15-10(18)6-20-14(13(15)19)17-22-11(7-26-17)9-5-4-8(2)21-16(9)24/h4-7H,3H2,1-2H3,(H,21,24). The molecule has 0 atom stereocenters.